The molecular formula is C25H21O2P. The van der Waals surface area contributed by atoms with Crippen LogP contribution in [0.3, 0.4) is 0 Å². The molecule has 0 spiro atoms. The minimum atomic E-state index is 0.808. The summed E-state index contributed by atoms with van der Waals surface area (Å²) in [6.07, 6.45) is 0. The van der Waals surface area contributed by atoms with E-state index >= 15 is 0 Å². The number of benzene rings is 4. The largest absolute Gasteiger partial charge is 0.495 e. The summed E-state index contributed by atoms with van der Waals surface area (Å²) in [5.74, 6) is 1.64. The van der Waals surface area contributed by atoms with Crippen molar-refractivity contribution in [1.82, 2.24) is 0 Å². The Bertz CT molecular complexity index is 987. The second kappa shape index (κ2) is 8.29. The fraction of sp³-hybridized carbons (Fsp3) is 0.0400. The van der Waals surface area contributed by atoms with Crippen molar-refractivity contribution < 1.29 is 9.26 Å². The Kier molecular flexibility index (Phi) is 5.41. The maximum absolute atomic E-state index is 5.87. The zero-order valence-electron chi connectivity index (χ0n) is 15.6. The molecule has 0 aliphatic carbocycles. The molecule has 0 saturated carbocycles. The molecule has 0 N–H and O–H groups in total. The van der Waals surface area contributed by atoms with Gasteiger partial charge in [-0.05, 0) is 11.1 Å². The van der Waals surface area contributed by atoms with Crippen LogP contribution in [0.5, 0.6) is 11.5 Å². The van der Waals surface area contributed by atoms with E-state index in [9.17, 15) is 0 Å². The molecule has 0 amide bonds. The molecule has 2 nitrogen and oxygen atoms in total. The molecule has 138 valence electrons. The van der Waals surface area contributed by atoms with Gasteiger partial charge in [0.2, 0.25) is 0 Å². The molecule has 0 radical (unpaired) electrons. The first-order chi connectivity index (χ1) is 13.8. The summed E-state index contributed by atoms with van der Waals surface area (Å²) in [7, 11) is 4.10. The zero-order valence-corrected chi connectivity index (χ0v) is 16.8. The first-order valence-electron chi connectivity index (χ1n) is 9.11. The van der Waals surface area contributed by atoms with E-state index in [1.165, 1.54) is 0 Å². The number of ether oxygens (including phenoxy) is 1. The van der Waals surface area contributed by atoms with Crippen LogP contribution >= 0.6 is 9.47 Å². The summed E-state index contributed by atoms with van der Waals surface area (Å²) in [6, 6.07) is 32.9. The van der Waals surface area contributed by atoms with E-state index < -0.39 is 0 Å². The van der Waals surface area contributed by atoms with Gasteiger partial charge in [0, 0.05) is 22.3 Å². The summed E-state index contributed by atoms with van der Waals surface area (Å²) >= 11 is 0. The Balaban J connectivity index is 1.93. The van der Waals surface area contributed by atoms with Gasteiger partial charge in [-0.3, -0.25) is 0 Å². The minimum absolute atomic E-state index is 0.808. The number of methoxy groups -OCH3 is 1. The maximum Gasteiger partial charge on any atom is 0.138 e. The van der Waals surface area contributed by atoms with Crippen LogP contribution in [0.1, 0.15) is 0 Å². The van der Waals surface area contributed by atoms with Crippen LogP contribution in [0.2, 0.25) is 0 Å². The second-order valence-corrected chi connectivity index (χ2v) is 6.65. The smallest absolute Gasteiger partial charge is 0.138 e. The van der Waals surface area contributed by atoms with Crippen LogP contribution in [0.25, 0.3) is 33.4 Å². The van der Waals surface area contributed by atoms with Crippen LogP contribution < -0.4 is 9.26 Å². The van der Waals surface area contributed by atoms with Crippen molar-refractivity contribution in [3.63, 3.8) is 0 Å². The van der Waals surface area contributed by atoms with Gasteiger partial charge in [-0.2, -0.15) is 0 Å². The van der Waals surface area contributed by atoms with Gasteiger partial charge in [0.25, 0.3) is 0 Å². The first kappa shape index (κ1) is 18.3. The Hall–Kier alpha value is -3.09. The predicted octanol–water partition coefficient (Wildman–Crippen LogP) is 6.87. The van der Waals surface area contributed by atoms with Crippen molar-refractivity contribution in [2.75, 3.05) is 7.11 Å². The van der Waals surface area contributed by atoms with E-state index in [1.54, 1.807) is 7.11 Å². The molecule has 0 aliphatic heterocycles. The molecule has 28 heavy (non-hydrogen) atoms. The molecule has 0 bridgehead atoms. The highest BCUT2D eigenvalue weighted by molar-refractivity contribution is 7.10. The lowest BCUT2D eigenvalue weighted by molar-refractivity contribution is 0.418. The summed E-state index contributed by atoms with van der Waals surface area (Å²) < 4.78 is 11.7. The molecule has 0 fully saturated rings. The van der Waals surface area contributed by atoms with Crippen LogP contribution in [0.4, 0.5) is 0 Å². The number of hydrogen-bond acceptors (Lipinski definition) is 2. The third kappa shape index (κ3) is 3.40. The van der Waals surface area contributed by atoms with E-state index in [1.807, 2.05) is 36.4 Å². The summed E-state index contributed by atoms with van der Waals surface area (Å²) in [6.45, 7) is 0. The number of para-hydroxylation sites is 2. The molecule has 0 heterocycles. The van der Waals surface area contributed by atoms with E-state index in [0.717, 1.165) is 44.9 Å². The van der Waals surface area contributed by atoms with Gasteiger partial charge in [0.1, 0.15) is 11.5 Å². The Labute approximate surface area is 168 Å². The first-order valence-corrected chi connectivity index (χ1v) is 9.58. The Morgan fingerprint density at radius 3 is 1.39 bits per heavy atom. The van der Waals surface area contributed by atoms with Crippen molar-refractivity contribution in [2.45, 2.75) is 0 Å². The second-order valence-electron chi connectivity index (χ2n) is 6.42. The standard InChI is InChI=1S/C25H21O2P/c1-26-24-20(18-10-4-2-5-11-18)14-8-16-22(24)23-17-9-15-21(25(23)27-28)19-12-6-3-7-13-19/h2-17H,28H2,1H3. The lowest BCUT2D eigenvalue weighted by Gasteiger charge is -2.18. The van der Waals surface area contributed by atoms with Gasteiger partial charge in [-0.15, -0.1) is 0 Å². The van der Waals surface area contributed by atoms with Crippen LogP contribution in [-0.4, -0.2) is 7.11 Å². The predicted molar refractivity (Wildman–Crippen MR) is 120 cm³/mol. The van der Waals surface area contributed by atoms with Gasteiger partial charge >= 0.3 is 0 Å². The van der Waals surface area contributed by atoms with Crippen molar-refractivity contribution in [3.8, 4) is 44.9 Å². The number of hydrogen-bond donors (Lipinski definition) is 0. The highest BCUT2D eigenvalue weighted by atomic mass is 31.0. The third-order valence-electron chi connectivity index (χ3n) is 4.81. The number of rotatable bonds is 5. The molecule has 4 aromatic rings. The summed E-state index contributed by atoms with van der Waals surface area (Å²) in [4.78, 5) is 0. The third-order valence-corrected chi connectivity index (χ3v) is 5.05. The highest BCUT2D eigenvalue weighted by Crippen LogP contribution is 2.45. The van der Waals surface area contributed by atoms with Crippen molar-refractivity contribution >= 4 is 9.47 Å². The van der Waals surface area contributed by atoms with Gasteiger partial charge in [-0.1, -0.05) is 97.1 Å². The SMILES string of the molecule is COc1c(-c2ccccc2)cccc1-c1cccc(-c2ccccc2)c1OP. The van der Waals surface area contributed by atoms with Gasteiger partial charge < -0.3 is 9.26 Å². The minimum Gasteiger partial charge on any atom is -0.495 e. The van der Waals surface area contributed by atoms with Crippen LogP contribution in [0.15, 0.2) is 97.1 Å². The highest BCUT2D eigenvalue weighted by Gasteiger charge is 2.18. The average Bonchev–Trinajstić information content (AvgIpc) is 2.79. The molecule has 0 aromatic heterocycles. The fourth-order valence-electron chi connectivity index (χ4n) is 3.54. The average molecular weight is 384 g/mol. The van der Waals surface area contributed by atoms with Gasteiger partial charge in [0.15, 0.2) is 0 Å². The normalized spacial score (nSPS) is 10.5. The molecule has 0 aliphatic rings. The molecule has 1 atom stereocenters. The van der Waals surface area contributed by atoms with Crippen molar-refractivity contribution in [3.05, 3.63) is 97.1 Å². The molecule has 3 heteroatoms. The van der Waals surface area contributed by atoms with E-state index in [0.29, 0.717) is 0 Å². The molecule has 1 unspecified atom stereocenters. The molecule has 4 rings (SSSR count). The molecule has 4 aromatic carbocycles. The van der Waals surface area contributed by atoms with Gasteiger partial charge in [-0.25, -0.2) is 0 Å². The van der Waals surface area contributed by atoms with Gasteiger partial charge in [0.05, 0.1) is 16.6 Å². The van der Waals surface area contributed by atoms with Crippen LogP contribution in [-0.2, 0) is 0 Å². The lowest BCUT2D eigenvalue weighted by Crippen LogP contribution is -1.94. The van der Waals surface area contributed by atoms with Crippen molar-refractivity contribution in [2.24, 2.45) is 0 Å². The van der Waals surface area contributed by atoms with E-state index in [-0.39, 0.29) is 0 Å². The van der Waals surface area contributed by atoms with E-state index in [4.69, 9.17) is 9.26 Å². The Morgan fingerprint density at radius 1 is 0.500 bits per heavy atom. The fourth-order valence-corrected chi connectivity index (χ4v) is 3.79. The summed E-state index contributed by atoms with van der Waals surface area (Å²) in [5, 5.41) is 0. The Morgan fingerprint density at radius 2 is 0.929 bits per heavy atom. The lowest BCUT2D eigenvalue weighted by atomic mass is 9.94. The molecule has 0 saturated heterocycles. The zero-order chi connectivity index (χ0) is 19.3. The maximum atomic E-state index is 5.87. The molecular weight excluding hydrogens is 363 g/mol. The quantitative estimate of drug-likeness (QED) is 0.350. The summed E-state index contributed by atoms with van der Waals surface area (Å²) in [5.41, 5.74) is 6.32. The van der Waals surface area contributed by atoms with Crippen molar-refractivity contribution in [1.29, 1.82) is 0 Å². The monoisotopic (exact) mass is 384 g/mol. The topological polar surface area (TPSA) is 18.5 Å². The van der Waals surface area contributed by atoms with Crippen LogP contribution in [0, 0.1) is 0 Å². The van der Waals surface area contributed by atoms with E-state index in [2.05, 4.69) is 70.1 Å².